The molecular weight excluding hydrogens is 242 g/mol. The molecule has 2 amide bonds. The Labute approximate surface area is 115 Å². The molecule has 0 spiro atoms. The van der Waals surface area contributed by atoms with E-state index in [9.17, 15) is 9.59 Å². The Morgan fingerprint density at radius 3 is 2.53 bits per heavy atom. The molecule has 1 aliphatic rings. The zero-order chi connectivity index (χ0) is 14.1. The van der Waals surface area contributed by atoms with Crippen LogP contribution in [-0.4, -0.2) is 35.5 Å². The molecule has 0 unspecified atom stereocenters. The highest BCUT2D eigenvalue weighted by Crippen LogP contribution is 2.10. The summed E-state index contributed by atoms with van der Waals surface area (Å²) in [7, 11) is 0. The summed E-state index contributed by atoms with van der Waals surface area (Å²) in [5.41, 5.74) is 3.17. The summed E-state index contributed by atoms with van der Waals surface area (Å²) in [5.74, 6) is 0.0374. The fourth-order valence-corrected chi connectivity index (χ4v) is 2.06. The first-order chi connectivity index (χ1) is 9.13. The lowest BCUT2D eigenvalue weighted by molar-refractivity contribution is -0.130. The lowest BCUT2D eigenvalue weighted by Gasteiger charge is -2.26. The summed E-state index contributed by atoms with van der Waals surface area (Å²) in [5, 5.41) is 3.98. The number of hydrogen-bond acceptors (Lipinski definition) is 3. The fraction of sp³-hybridized carbons (Fsp3) is 0.786. The van der Waals surface area contributed by atoms with Crippen LogP contribution >= 0.6 is 0 Å². The second kappa shape index (κ2) is 8.67. The Morgan fingerprint density at radius 1 is 1.21 bits per heavy atom. The van der Waals surface area contributed by atoms with Crippen LogP contribution in [0.25, 0.3) is 0 Å². The van der Waals surface area contributed by atoms with Crippen molar-refractivity contribution in [3.8, 4) is 0 Å². The van der Waals surface area contributed by atoms with Crippen molar-refractivity contribution in [3.05, 3.63) is 0 Å². The number of likely N-dealkylation sites (tertiary alicyclic amines) is 1. The number of nitrogens with zero attached hydrogens (tertiary/aromatic N) is 2. The average molecular weight is 267 g/mol. The minimum Gasteiger partial charge on any atom is -0.342 e. The van der Waals surface area contributed by atoms with Crippen LogP contribution in [0.1, 0.15) is 58.8 Å². The van der Waals surface area contributed by atoms with Gasteiger partial charge in [-0.25, -0.2) is 5.43 Å². The maximum Gasteiger partial charge on any atom is 0.240 e. The van der Waals surface area contributed by atoms with Crippen LogP contribution in [0.4, 0.5) is 0 Å². The summed E-state index contributed by atoms with van der Waals surface area (Å²) in [6.45, 7) is 5.53. The fourth-order valence-electron chi connectivity index (χ4n) is 2.06. The molecule has 1 rings (SSSR count). The van der Waals surface area contributed by atoms with Crippen molar-refractivity contribution in [2.75, 3.05) is 13.1 Å². The molecule has 0 aromatic rings. The second-order valence-electron chi connectivity index (χ2n) is 5.10. The molecule has 0 aliphatic carbocycles. The third-order valence-corrected chi connectivity index (χ3v) is 3.24. The number of hydrogen-bond donors (Lipinski definition) is 1. The van der Waals surface area contributed by atoms with E-state index in [1.54, 1.807) is 6.92 Å². The predicted octanol–water partition coefficient (Wildman–Crippen LogP) is 2.07. The van der Waals surface area contributed by atoms with Crippen LogP contribution in [-0.2, 0) is 9.59 Å². The first-order valence-electron chi connectivity index (χ1n) is 7.23. The minimum absolute atomic E-state index is 0.0772. The third kappa shape index (κ3) is 6.36. The van der Waals surface area contributed by atoms with Gasteiger partial charge in [0.15, 0.2) is 0 Å². The zero-order valence-corrected chi connectivity index (χ0v) is 12.1. The molecular formula is C14H25N3O2. The summed E-state index contributed by atoms with van der Waals surface area (Å²) in [6, 6.07) is 0. The summed E-state index contributed by atoms with van der Waals surface area (Å²) < 4.78 is 0. The maximum absolute atomic E-state index is 12.0. The molecule has 1 aliphatic heterocycles. The number of amides is 2. The van der Waals surface area contributed by atoms with Crippen molar-refractivity contribution >= 4 is 17.5 Å². The van der Waals surface area contributed by atoms with E-state index in [1.807, 2.05) is 11.8 Å². The van der Waals surface area contributed by atoms with Gasteiger partial charge in [-0.3, -0.25) is 9.59 Å². The molecule has 0 bridgehead atoms. The van der Waals surface area contributed by atoms with Gasteiger partial charge in [-0.2, -0.15) is 5.10 Å². The van der Waals surface area contributed by atoms with Gasteiger partial charge in [-0.15, -0.1) is 0 Å². The van der Waals surface area contributed by atoms with Gasteiger partial charge in [0, 0.05) is 25.2 Å². The van der Waals surface area contributed by atoms with Crippen LogP contribution < -0.4 is 5.43 Å². The molecule has 0 aromatic carbocycles. The Kier molecular flexibility index (Phi) is 7.15. The molecule has 5 nitrogen and oxygen atoms in total. The predicted molar refractivity (Wildman–Crippen MR) is 75.8 cm³/mol. The molecule has 1 heterocycles. The Balaban J connectivity index is 2.30. The lowest BCUT2D eigenvalue weighted by atomic mass is 10.1. The number of unbranched alkanes of at least 4 members (excludes halogenated alkanes) is 1. The van der Waals surface area contributed by atoms with E-state index in [1.165, 1.54) is 6.42 Å². The van der Waals surface area contributed by atoms with Crippen LogP contribution in [0, 0.1) is 0 Å². The van der Waals surface area contributed by atoms with Crippen LogP contribution in [0.5, 0.6) is 0 Å². The van der Waals surface area contributed by atoms with Gasteiger partial charge in [0.2, 0.25) is 11.8 Å². The van der Waals surface area contributed by atoms with Crippen molar-refractivity contribution in [1.29, 1.82) is 0 Å². The smallest absolute Gasteiger partial charge is 0.240 e. The third-order valence-electron chi connectivity index (χ3n) is 3.24. The molecule has 5 heteroatoms. The van der Waals surface area contributed by atoms with Crippen molar-refractivity contribution in [2.24, 2.45) is 5.10 Å². The van der Waals surface area contributed by atoms with Gasteiger partial charge in [0.05, 0.1) is 6.42 Å². The molecule has 1 fully saturated rings. The topological polar surface area (TPSA) is 61.8 Å². The van der Waals surface area contributed by atoms with E-state index in [2.05, 4.69) is 10.5 Å². The van der Waals surface area contributed by atoms with Crippen molar-refractivity contribution < 1.29 is 9.59 Å². The van der Waals surface area contributed by atoms with Crippen molar-refractivity contribution in [3.63, 3.8) is 0 Å². The van der Waals surface area contributed by atoms with E-state index in [0.29, 0.717) is 18.6 Å². The number of carbonyl (C=O) groups is 2. The quantitative estimate of drug-likeness (QED) is 0.591. The number of rotatable bonds is 6. The van der Waals surface area contributed by atoms with Crippen LogP contribution in [0.15, 0.2) is 5.10 Å². The lowest BCUT2D eigenvalue weighted by Crippen LogP contribution is -2.36. The van der Waals surface area contributed by atoms with E-state index in [4.69, 9.17) is 0 Å². The average Bonchev–Trinajstić information content (AvgIpc) is 2.43. The Morgan fingerprint density at radius 2 is 1.89 bits per heavy atom. The Bertz CT molecular complexity index is 334. The van der Waals surface area contributed by atoms with Gasteiger partial charge in [0.1, 0.15) is 0 Å². The monoisotopic (exact) mass is 267 g/mol. The van der Waals surface area contributed by atoms with Crippen molar-refractivity contribution in [1.82, 2.24) is 10.3 Å². The first kappa shape index (κ1) is 15.7. The maximum atomic E-state index is 12.0. The van der Waals surface area contributed by atoms with Gasteiger partial charge < -0.3 is 4.90 Å². The standard InChI is InChI=1S/C14H25N3O2/c1-3-4-8-13(18)16-15-12(2)11-14(19)17-9-6-5-7-10-17/h3-11H2,1-2H3,(H,16,18)/b15-12+. The van der Waals surface area contributed by atoms with E-state index in [-0.39, 0.29) is 11.8 Å². The van der Waals surface area contributed by atoms with Gasteiger partial charge in [0.25, 0.3) is 0 Å². The summed E-state index contributed by atoms with van der Waals surface area (Å²) >= 11 is 0. The van der Waals surface area contributed by atoms with Gasteiger partial charge in [-0.05, 0) is 32.6 Å². The summed E-state index contributed by atoms with van der Waals surface area (Å²) in [6.07, 6.45) is 6.05. The Hall–Kier alpha value is -1.39. The first-order valence-corrected chi connectivity index (χ1v) is 7.23. The molecule has 0 atom stereocenters. The van der Waals surface area contributed by atoms with E-state index < -0.39 is 0 Å². The normalized spacial score (nSPS) is 16.3. The minimum atomic E-state index is -0.0772. The highest BCUT2D eigenvalue weighted by Gasteiger charge is 2.16. The number of hydrazone groups is 1. The molecule has 1 saturated heterocycles. The van der Waals surface area contributed by atoms with Crippen molar-refractivity contribution in [2.45, 2.75) is 58.8 Å². The second-order valence-corrected chi connectivity index (χ2v) is 5.10. The van der Waals surface area contributed by atoms with Gasteiger partial charge in [-0.1, -0.05) is 13.3 Å². The summed E-state index contributed by atoms with van der Waals surface area (Å²) in [4.78, 5) is 25.2. The molecule has 19 heavy (non-hydrogen) atoms. The molecule has 0 radical (unpaired) electrons. The highest BCUT2D eigenvalue weighted by atomic mass is 16.2. The number of carbonyl (C=O) groups excluding carboxylic acids is 2. The zero-order valence-electron chi connectivity index (χ0n) is 12.1. The van der Waals surface area contributed by atoms with Gasteiger partial charge >= 0.3 is 0 Å². The highest BCUT2D eigenvalue weighted by molar-refractivity contribution is 6.00. The van der Waals surface area contributed by atoms with E-state index >= 15 is 0 Å². The number of piperidine rings is 1. The molecule has 0 aromatic heterocycles. The number of nitrogens with one attached hydrogen (secondary N) is 1. The SMILES string of the molecule is CCCCC(=O)N/N=C(\C)CC(=O)N1CCCCC1. The molecule has 108 valence electrons. The van der Waals surface area contributed by atoms with E-state index in [0.717, 1.165) is 38.8 Å². The molecule has 1 N–H and O–H groups in total. The van der Waals surface area contributed by atoms with Crippen LogP contribution in [0.2, 0.25) is 0 Å². The molecule has 0 saturated carbocycles. The largest absolute Gasteiger partial charge is 0.342 e. The van der Waals surface area contributed by atoms with Crippen LogP contribution in [0.3, 0.4) is 0 Å².